The van der Waals surface area contributed by atoms with E-state index < -0.39 is 5.97 Å². The molecule has 23 heavy (non-hydrogen) atoms. The summed E-state index contributed by atoms with van der Waals surface area (Å²) < 4.78 is 10.7. The predicted molar refractivity (Wildman–Crippen MR) is 84.8 cm³/mol. The van der Waals surface area contributed by atoms with Gasteiger partial charge in [0.2, 0.25) is 5.91 Å². The van der Waals surface area contributed by atoms with E-state index in [1.165, 1.54) is 13.2 Å². The number of nitrogens with one attached hydrogen (secondary N) is 1. The van der Waals surface area contributed by atoms with Crippen LogP contribution in [0.5, 0.6) is 5.75 Å². The molecule has 2 N–H and O–H groups in total. The van der Waals surface area contributed by atoms with E-state index in [1.54, 1.807) is 12.1 Å². The first-order chi connectivity index (χ1) is 11.0. The smallest absolute Gasteiger partial charge is 0.335 e. The molecule has 6 nitrogen and oxygen atoms in total. The van der Waals surface area contributed by atoms with Crippen molar-refractivity contribution in [3.63, 3.8) is 0 Å². The van der Waals surface area contributed by atoms with Crippen LogP contribution in [0, 0.1) is 5.92 Å². The molecule has 2 rings (SSSR count). The van der Waals surface area contributed by atoms with E-state index >= 15 is 0 Å². The van der Waals surface area contributed by atoms with Crippen LogP contribution in [0.4, 0.5) is 0 Å². The molecule has 1 amide bonds. The van der Waals surface area contributed by atoms with Crippen molar-refractivity contribution in [1.82, 2.24) is 5.32 Å². The van der Waals surface area contributed by atoms with Gasteiger partial charge in [0.25, 0.3) is 0 Å². The second-order valence-electron chi connectivity index (χ2n) is 5.70. The van der Waals surface area contributed by atoms with Crippen molar-refractivity contribution in [1.29, 1.82) is 0 Å². The highest BCUT2D eigenvalue weighted by molar-refractivity contribution is 5.88. The molecule has 0 radical (unpaired) electrons. The number of carboxylic acid groups (broad SMARTS) is 1. The molecule has 2 unspecified atom stereocenters. The minimum Gasteiger partial charge on any atom is -0.496 e. The molecule has 1 aromatic carbocycles. The highest BCUT2D eigenvalue weighted by Crippen LogP contribution is 2.22. The maximum Gasteiger partial charge on any atom is 0.335 e. The van der Waals surface area contributed by atoms with Crippen LogP contribution in [0.25, 0.3) is 0 Å². The largest absolute Gasteiger partial charge is 0.496 e. The Labute approximate surface area is 135 Å². The van der Waals surface area contributed by atoms with Crippen LogP contribution in [0.3, 0.4) is 0 Å². The molecule has 1 aromatic rings. The number of ether oxygens (including phenoxy) is 2. The Balaban J connectivity index is 1.90. The number of rotatable bonds is 6. The summed E-state index contributed by atoms with van der Waals surface area (Å²) >= 11 is 0. The number of aromatic carboxylic acids is 1. The second kappa shape index (κ2) is 7.97. The topological polar surface area (TPSA) is 84.9 Å². The summed E-state index contributed by atoms with van der Waals surface area (Å²) in [5.74, 6) is -0.554. The molecule has 0 spiro atoms. The first-order valence-corrected chi connectivity index (χ1v) is 7.82. The summed E-state index contributed by atoms with van der Waals surface area (Å²) in [4.78, 5) is 23.2. The zero-order chi connectivity index (χ0) is 16.8. The maximum atomic E-state index is 12.2. The van der Waals surface area contributed by atoms with E-state index in [2.05, 4.69) is 5.32 Å². The molecule has 126 valence electrons. The molecular formula is C17H23NO5. The average Bonchev–Trinajstić information content (AvgIpc) is 2.55. The molecule has 0 saturated carbocycles. The standard InChI is InChI=1S/C17H23NO5/c1-11-14(4-3-9-23-11)16(19)18-8-7-12-5-6-13(17(20)21)10-15(12)22-2/h5-6,10-11,14H,3-4,7-9H2,1-2H3,(H,18,19)(H,20,21). The molecule has 0 bridgehead atoms. The van der Waals surface area contributed by atoms with E-state index in [4.69, 9.17) is 14.6 Å². The fourth-order valence-electron chi connectivity index (χ4n) is 2.80. The van der Waals surface area contributed by atoms with Crippen molar-refractivity contribution >= 4 is 11.9 Å². The lowest BCUT2D eigenvalue weighted by atomic mass is 9.94. The van der Waals surface area contributed by atoms with Crippen molar-refractivity contribution in [3.05, 3.63) is 29.3 Å². The first-order valence-electron chi connectivity index (χ1n) is 7.82. The van der Waals surface area contributed by atoms with Crippen LogP contribution in [0.15, 0.2) is 18.2 Å². The Morgan fingerprint density at radius 1 is 1.43 bits per heavy atom. The highest BCUT2D eigenvalue weighted by atomic mass is 16.5. The number of hydrogen-bond donors (Lipinski definition) is 2. The third-order valence-corrected chi connectivity index (χ3v) is 4.17. The van der Waals surface area contributed by atoms with E-state index in [0.29, 0.717) is 18.7 Å². The third-order valence-electron chi connectivity index (χ3n) is 4.17. The fraction of sp³-hybridized carbons (Fsp3) is 0.529. The molecule has 1 aliphatic heterocycles. The summed E-state index contributed by atoms with van der Waals surface area (Å²) in [7, 11) is 1.50. The number of hydrogen-bond acceptors (Lipinski definition) is 4. The van der Waals surface area contributed by atoms with Crippen molar-refractivity contribution in [2.75, 3.05) is 20.3 Å². The highest BCUT2D eigenvalue weighted by Gasteiger charge is 2.28. The minimum atomic E-state index is -0.991. The van der Waals surface area contributed by atoms with E-state index in [-0.39, 0.29) is 23.5 Å². The minimum absolute atomic E-state index is 0.0123. The monoisotopic (exact) mass is 321 g/mol. The zero-order valence-corrected chi connectivity index (χ0v) is 13.5. The van der Waals surface area contributed by atoms with Gasteiger partial charge in [-0.2, -0.15) is 0 Å². The van der Waals surface area contributed by atoms with Gasteiger partial charge < -0.3 is 19.9 Å². The molecule has 1 fully saturated rings. The lowest BCUT2D eigenvalue weighted by Crippen LogP contribution is -2.40. The Bertz CT molecular complexity index is 572. The van der Waals surface area contributed by atoms with Gasteiger partial charge in [0.05, 0.1) is 24.7 Å². The zero-order valence-electron chi connectivity index (χ0n) is 13.5. The number of benzene rings is 1. The van der Waals surface area contributed by atoms with Crippen molar-refractivity contribution in [3.8, 4) is 5.75 Å². The normalized spacial score (nSPS) is 20.8. The van der Waals surface area contributed by atoms with Crippen LogP contribution in [-0.2, 0) is 16.0 Å². The SMILES string of the molecule is COc1cc(C(=O)O)ccc1CCNC(=O)C1CCCOC1C. The van der Waals surface area contributed by atoms with Crippen LogP contribution < -0.4 is 10.1 Å². The summed E-state index contributed by atoms with van der Waals surface area (Å²) in [6, 6.07) is 4.76. The van der Waals surface area contributed by atoms with Crippen molar-refractivity contribution in [2.45, 2.75) is 32.3 Å². The Morgan fingerprint density at radius 3 is 2.87 bits per heavy atom. The quantitative estimate of drug-likeness (QED) is 0.835. The summed E-state index contributed by atoms with van der Waals surface area (Å²) in [6.45, 7) is 3.12. The lowest BCUT2D eigenvalue weighted by molar-refractivity contribution is -0.133. The lowest BCUT2D eigenvalue weighted by Gasteiger charge is -2.28. The summed E-state index contributed by atoms with van der Waals surface area (Å²) in [6.07, 6.45) is 2.29. The van der Waals surface area contributed by atoms with Crippen LogP contribution in [0.1, 0.15) is 35.7 Å². The summed E-state index contributed by atoms with van der Waals surface area (Å²) in [5.41, 5.74) is 1.05. The number of carboxylic acids is 1. The van der Waals surface area contributed by atoms with Crippen LogP contribution in [0.2, 0.25) is 0 Å². The number of carbonyl (C=O) groups is 2. The molecule has 6 heteroatoms. The Morgan fingerprint density at radius 2 is 2.22 bits per heavy atom. The average molecular weight is 321 g/mol. The van der Waals surface area contributed by atoms with Crippen LogP contribution in [-0.4, -0.2) is 43.3 Å². The van der Waals surface area contributed by atoms with Crippen molar-refractivity contribution in [2.24, 2.45) is 5.92 Å². The van der Waals surface area contributed by atoms with Crippen LogP contribution >= 0.6 is 0 Å². The van der Waals surface area contributed by atoms with Gasteiger partial charge in [-0.1, -0.05) is 6.07 Å². The van der Waals surface area contributed by atoms with Gasteiger partial charge in [-0.05, 0) is 43.9 Å². The van der Waals surface area contributed by atoms with Gasteiger partial charge in [-0.3, -0.25) is 4.79 Å². The van der Waals surface area contributed by atoms with E-state index in [0.717, 1.165) is 25.0 Å². The third kappa shape index (κ3) is 4.45. The first kappa shape index (κ1) is 17.3. The van der Waals surface area contributed by atoms with Gasteiger partial charge in [0.15, 0.2) is 0 Å². The maximum absolute atomic E-state index is 12.2. The Hall–Kier alpha value is -2.08. The molecule has 1 saturated heterocycles. The molecule has 1 aliphatic rings. The van der Waals surface area contributed by atoms with Gasteiger partial charge >= 0.3 is 5.97 Å². The van der Waals surface area contributed by atoms with E-state index in [9.17, 15) is 9.59 Å². The summed E-state index contributed by atoms with van der Waals surface area (Å²) in [5, 5.41) is 11.9. The second-order valence-corrected chi connectivity index (χ2v) is 5.70. The van der Waals surface area contributed by atoms with Gasteiger partial charge in [0.1, 0.15) is 5.75 Å². The van der Waals surface area contributed by atoms with Gasteiger partial charge in [-0.25, -0.2) is 4.79 Å². The number of methoxy groups -OCH3 is 1. The van der Waals surface area contributed by atoms with E-state index in [1.807, 2.05) is 6.92 Å². The van der Waals surface area contributed by atoms with Gasteiger partial charge in [-0.15, -0.1) is 0 Å². The molecular weight excluding hydrogens is 298 g/mol. The predicted octanol–water partition coefficient (Wildman–Crippen LogP) is 1.87. The molecule has 0 aromatic heterocycles. The molecule has 0 aliphatic carbocycles. The molecule has 1 heterocycles. The molecule has 2 atom stereocenters. The van der Waals surface area contributed by atoms with Gasteiger partial charge in [0, 0.05) is 13.2 Å². The number of carbonyl (C=O) groups excluding carboxylic acids is 1. The Kier molecular flexibility index (Phi) is 5.98. The van der Waals surface area contributed by atoms with Crippen molar-refractivity contribution < 1.29 is 24.2 Å². The number of amides is 1. The fourth-order valence-corrected chi connectivity index (χ4v) is 2.80.